The first-order chi connectivity index (χ1) is 13.7. The Hall–Kier alpha value is -2.52. The molecule has 0 saturated heterocycles. The summed E-state index contributed by atoms with van der Waals surface area (Å²) in [6, 6.07) is 12.7. The number of alkyl halides is 3. The first-order valence-corrected chi connectivity index (χ1v) is 9.68. The Morgan fingerprint density at radius 3 is 2.62 bits per heavy atom. The second-order valence-electron chi connectivity index (χ2n) is 6.07. The zero-order chi connectivity index (χ0) is 21.0. The van der Waals surface area contributed by atoms with Crippen LogP contribution in [0.15, 0.2) is 58.2 Å². The van der Waals surface area contributed by atoms with E-state index in [4.69, 9.17) is 16.0 Å². The molecule has 1 heterocycles. The number of carbonyl (C=O) groups excluding carboxylic acids is 1. The topological polar surface area (TPSA) is 68.0 Å². The van der Waals surface area contributed by atoms with E-state index in [-0.39, 0.29) is 10.9 Å². The van der Waals surface area contributed by atoms with E-state index in [9.17, 15) is 18.0 Å². The van der Waals surface area contributed by atoms with Gasteiger partial charge in [0.25, 0.3) is 5.22 Å². The van der Waals surface area contributed by atoms with Gasteiger partial charge in [-0.3, -0.25) is 4.79 Å². The van der Waals surface area contributed by atoms with Crippen molar-refractivity contribution in [2.24, 2.45) is 0 Å². The molecular weight excluding hydrogens is 427 g/mol. The first kappa shape index (κ1) is 21.2. The van der Waals surface area contributed by atoms with Gasteiger partial charge in [-0.25, -0.2) is 0 Å². The van der Waals surface area contributed by atoms with Gasteiger partial charge >= 0.3 is 6.18 Å². The minimum Gasteiger partial charge on any atom is -0.416 e. The number of hydrogen-bond acceptors (Lipinski definition) is 5. The quantitative estimate of drug-likeness (QED) is 0.515. The minimum atomic E-state index is -4.61. The molecule has 0 spiro atoms. The molecule has 0 aliphatic rings. The lowest BCUT2D eigenvalue weighted by Gasteiger charge is -2.13. The highest BCUT2D eigenvalue weighted by molar-refractivity contribution is 8.00. The lowest BCUT2D eigenvalue weighted by atomic mass is 10.2. The van der Waals surface area contributed by atoms with E-state index in [2.05, 4.69) is 15.5 Å². The van der Waals surface area contributed by atoms with Gasteiger partial charge in [0.15, 0.2) is 0 Å². The molecule has 152 valence electrons. The van der Waals surface area contributed by atoms with Gasteiger partial charge in [0, 0.05) is 5.69 Å². The summed E-state index contributed by atoms with van der Waals surface area (Å²) >= 11 is 6.60. The van der Waals surface area contributed by atoms with Gasteiger partial charge in [0.05, 0.1) is 22.3 Å². The number of benzene rings is 2. The number of rotatable bonds is 6. The molecule has 0 saturated carbocycles. The van der Waals surface area contributed by atoms with Crippen molar-refractivity contribution < 1.29 is 22.4 Å². The Balaban J connectivity index is 1.61. The summed E-state index contributed by atoms with van der Waals surface area (Å²) in [5.74, 6) is -0.105. The van der Waals surface area contributed by atoms with Gasteiger partial charge in [-0.15, -0.1) is 10.2 Å². The summed E-state index contributed by atoms with van der Waals surface area (Å²) < 4.78 is 44.4. The Kier molecular flexibility index (Phi) is 6.49. The molecule has 1 unspecified atom stereocenters. The molecule has 0 bridgehead atoms. The molecule has 0 radical (unpaired) electrons. The number of halogens is 4. The van der Waals surface area contributed by atoms with E-state index in [0.29, 0.717) is 12.3 Å². The summed E-state index contributed by atoms with van der Waals surface area (Å²) in [4.78, 5) is 12.3. The van der Waals surface area contributed by atoms with Crippen molar-refractivity contribution >= 4 is 35.0 Å². The molecule has 0 fully saturated rings. The fraction of sp³-hybridized carbons (Fsp3) is 0.211. The Bertz CT molecular complexity index is 996. The van der Waals surface area contributed by atoms with E-state index in [1.165, 1.54) is 6.07 Å². The molecule has 3 rings (SSSR count). The normalized spacial score (nSPS) is 12.6. The molecule has 3 aromatic rings. The van der Waals surface area contributed by atoms with E-state index in [1.807, 2.05) is 30.3 Å². The van der Waals surface area contributed by atoms with Crippen molar-refractivity contribution in [2.45, 2.75) is 30.0 Å². The lowest BCUT2D eigenvalue weighted by molar-refractivity contribution is -0.137. The highest BCUT2D eigenvalue weighted by Crippen LogP contribution is 2.36. The van der Waals surface area contributed by atoms with Gasteiger partial charge in [0.2, 0.25) is 11.8 Å². The van der Waals surface area contributed by atoms with E-state index >= 15 is 0 Å². The standard InChI is InChI=1S/C19H15ClF3N3O2S/c1-11(17(27)24-13-7-8-15(20)14(10-13)19(21,22)23)29-18-26-25-16(28-18)9-12-5-3-2-4-6-12/h2-8,10-11H,9H2,1H3,(H,24,27). The second kappa shape index (κ2) is 8.87. The van der Waals surface area contributed by atoms with Gasteiger partial charge in [0.1, 0.15) is 0 Å². The molecule has 5 nitrogen and oxygen atoms in total. The maximum atomic E-state index is 12.9. The maximum absolute atomic E-state index is 12.9. The van der Waals surface area contributed by atoms with Crippen LogP contribution in [0.3, 0.4) is 0 Å². The summed E-state index contributed by atoms with van der Waals surface area (Å²) in [5.41, 5.74) is -0.0177. The van der Waals surface area contributed by atoms with Crippen LogP contribution in [0.2, 0.25) is 5.02 Å². The average molecular weight is 442 g/mol. The monoisotopic (exact) mass is 441 g/mol. The largest absolute Gasteiger partial charge is 0.417 e. The Labute approximate surface area is 173 Å². The number of thioether (sulfide) groups is 1. The predicted molar refractivity (Wildman–Crippen MR) is 104 cm³/mol. The fourth-order valence-corrected chi connectivity index (χ4v) is 3.32. The van der Waals surface area contributed by atoms with Crippen LogP contribution < -0.4 is 5.32 Å². The third kappa shape index (κ3) is 5.74. The van der Waals surface area contributed by atoms with E-state index in [1.54, 1.807) is 6.92 Å². The van der Waals surface area contributed by atoms with Crippen molar-refractivity contribution in [2.75, 3.05) is 5.32 Å². The van der Waals surface area contributed by atoms with Gasteiger partial charge in [-0.1, -0.05) is 53.7 Å². The van der Waals surface area contributed by atoms with Crippen LogP contribution in [-0.4, -0.2) is 21.4 Å². The Morgan fingerprint density at radius 2 is 1.93 bits per heavy atom. The summed E-state index contributed by atoms with van der Waals surface area (Å²) in [6.45, 7) is 1.58. The van der Waals surface area contributed by atoms with Crippen molar-refractivity contribution in [3.63, 3.8) is 0 Å². The molecule has 2 aromatic carbocycles. The zero-order valence-electron chi connectivity index (χ0n) is 15.0. The highest BCUT2D eigenvalue weighted by Gasteiger charge is 2.33. The van der Waals surface area contributed by atoms with Crippen molar-refractivity contribution in [3.8, 4) is 0 Å². The van der Waals surface area contributed by atoms with Crippen LogP contribution in [-0.2, 0) is 17.4 Å². The summed E-state index contributed by atoms with van der Waals surface area (Å²) in [7, 11) is 0. The van der Waals surface area contributed by atoms with Gasteiger partial charge in [-0.05, 0) is 30.7 Å². The van der Waals surface area contributed by atoms with E-state index in [0.717, 1.165) is 29.5 Å². The van der Waals surface area contributed by atoms with Gasteiger partial charge < -0.3 is 9.73 Å². The second-order valence-corrected chi connectivity index (χ2v) is 7.77. The fourth-order valence-electron chi connectivity index (χ4n) is 2.40. The number of anilines is 1. The van der Waals surface area contributed by atoms with Crippen LogP contribution in [0, 0.1) is 0 Å². The molecule has 1 atom stereocenters. The van der Waals surface area contributed by atoms with Crippen LogP contribution >= 0.6 is 23.4 Å². The average Bonchev–Trinajstić information content (AvgIpc) is 3.10. The molecule has 10 heteroatoms. The molecule has 0 aliphatic heterocycles. The molecule has 29 heavy (non-hydrogen) atoms. The smallest absolute Gasteiger partial charge is 0.416 e. The Morgan fingerprint density at radius 1 is 1.21 bits per heavy atom. The lowest BCUT2D eigenvalue weighted by Crippen LogP contribution is -2.22. The van der Waals surface area contributed by atoms with Gasteiger partial charge in [-0.2, -0.15) is 13.2 Å². The van der Waals surface area contributed by atoms with Crippen molar-refractivity contribution in [3.05, 3.63) is 70.6 Å². The number of nitrogens with zero attached hydrogens (tertiary/aromatic N) is 2. The SMILES string of the molecule is CC(Sc1nnc(Cc2ccccc2)o1)C(=O)Nc1ccc(Cl)c(C(F)(F)F)c1. The first-order valence-electron chi connectivity index (χ1n) is 8.43. The molecular formula is C19H15ClF3N3O2S. The molecule has 0 aliphatic carbocycles. The summed E-state index contributed by atoms with van der Waals surface area (Å²) in [5, 5.41) is 9.38. The third-order valence-corrected chi connectivity index (χ3v) is 5.10. The minimum absolute atomic E-state index is 0.00512. The van der Waals surface area contributed by atoms with Crippen molar-refractivity contribution in [1.29, 1.82) is 0 Å². The van der Waals surface area contributed by atoms with Crippen LogP contribution in [0.4, 0.5) is 18.9 Å². The van der Waals surface area contributed by atoms with Crippen LogP contribution in [0.1, 0.15) is 23.9 Å². The number of amides is 1. The number of hydrogen-bond donors (Lipinski definition) is 1. The third-order valence-electron chi connectivity index (χ3n) is 3.83. The molecule has 1 aromatic heterocycles. The number of nitrogens with one attached hydrogen (secondary N) is 1. The van der Waals surface area contributed by atoms with E-state index < -0.39 is 27.9 Å². The van der Waals surface area contributed by atoms with Crippen molar-refractivity contribution in [1.82, 2.24) is 10.2 Å². The predicted octanol–water partition coefficient (Wildman–Crippen LogP) is 5.45. The van der Waals surface area contributed by atoms with Crippen LogP contribution in [0.5, 0.6) is 0 Å². The van der Waals surface area contributed by atoms with Crippen LogP contribution in [0.25, 0.3) is 0 Å². The zero-order valence-corrected chi connectivity index (χ0v) is 16.6. The molecule has 1 amide bonds. The number of carbonyl (C=O) groups is 1. The summed E-state index contributed by atoms with van der Waals surface area (Å²) in [6.07, 6.45) is -4.16. The number of aromatic nitrogens is 2. The maximum Gasteiger partial charge on any atom is 0.417 e. The molecule has 1 N–H and O–H groups in total. The highest BCUT2D eigenvalue weighted by atomic mass is 35.5.